The topological polar surface area (TPSA) is 46.5 Å². The van der Waals surface area contributed by atoms with E-state index in [2.05, 4.69) is 0 Å². The molecule has 0 aromatic heterocycles. The van der Waals surface area contributed by atoms with Crippen LogP contribution in [0.2, 0.25) is 0 Å². The van der Waals surface area contributed by atoms with Gasteiger partial charge in [-0.3, -0.25) is 0 Å². The normalized spacial score (nSPS) is 36.2. The van der Waals surface area contributed by atoms with E-state index in [4.69, 9.17) is 9.29 Å². The van der Waals surface area contributed by atoms with E-state index < -0.39 is 11.1 Å². The first-order valence-electron chi connectivity index (χ1n) is 3.38. The zero-order chi connectivity index (χ0) is 7.56. The molecule has 0 amide bonds. The van der Waals surface area contributed by atoms with Crippen LogP contribution in [0.1, 0.15) is 19.3 Å². The molecule has 60 valence electrons. The first-order valence-corrected chi connectivity index (χ1v) is 4.55. The van der Waals surface area contributed by atoms with Gasteiger partial charge < -0.3 is 9.29 Å². The number of hydrogen-bond donors (Lipinski definition) is 1. The van der Waals surface area contributed by atoms with Crippen molar-refractivity contribution in [2.75, 3.05) is 7.11 Å². The van der Waals surface area contributed by atoms with Crippen molar-refractivity contribution in [3.05, 3.63) is 0 Å². The Hall–Kier alpha value is 0.0700. The summed E-state index contributed by atoms with van der Waals surface area (Å²) in [5.74, 6) is 0. The van der Waals surface area contributed by atoms with Gasteiger partial charge in [-0.05, 0) is 19.3 Å². The van der Waals surface area contributed by atoms with Crippen LogP contribution in [-0.2, 0) is 15.8 Å². The molecule has 1 rings (SSSR count). The molecule has 1 fully saturated rings. The molecule has 0 aromatic rings. The Morgan fingerprint density at radius 3 is 2.70 bits per heavy atom. The molecule has 1 N–H and O–H groups in total. The van der Waals surface area contributed by atoms with Gasteiger partial charge in [-0.25, -0.2) is 4.21 Å². The highest BCUT2D eigenvalue weighted by Gasteiger charge is 2.31. The van der Waals surface area contributed by atoms with Gasteiger partial charge in [0.1, 0.15) is 0 Å². The molecule has 0 saturated heterocycles. The predicted octanol–water partition coefficient (Wildman–Crippen LogP) is 0.776. The molecule has 4 heteroatoms. The van der Waals surface area contributed by atoms with Gasteiger partial charge in [0.2, 0.25) is 0 Å². The standard InChI is InChI=1S/C6H12O3S/c1-9-5-3-2-4-6(5)10(7)8/h5-6H,2-4H2,1H3,(H,7,8)/t5-,6+/m0/s1. The summed E-state index contributed by atoms with van der Waals surface area (Å²) >= 11 is -1.70. The highest BCUT2D eigenvalue weighted by molar-refractivity contribution is 7.80. The summed E-state index contributed by atoms with van der Waals surface area (Å²) < 4.78 is 24.4. The second-order valence-corrected chi connectivity index (χ2v) is 3.68. The van der Waals surface area contributed by atoms with Gasteiger partial charge in [0.15, 0.2) is 11.1 Å². The zero-order valence-electron chi connectivity index (χ0n) is 5.95. The summed E-state index contributed by atoms with van der Waals surface area (Å²) in [7, 11) is 1.59. The van der Waals surface area contributed by atoms with Crippen LogP contribution in [-0.4, -0.2) is 27.2 Å². The first kappa shape index (κ1) is 8.17. The minimum Gasteiger partial charge on any atom is -0.380 e. The molecule has 0 aliphatic heterocycles. The van der Waals surface area contributed by atoms with Crippen LogP contribution in [0.15, 0.2) is 0 Å². The number of hydrogen-bond acceptors (Lipinski definition) is 2. The molecule has 0 radical (unpaired) electrons. The number of methoxy groups -OCH3 is 1. The van der Waals surface area contributed by atoms with Crippen LogP contribution in [0.5, 0.6) is 0 Å². The van der Waals surface area contributed by atoms with E-state index in [0.29, 0.717) is 0 Å². The fraction of sp³-hybridized carbons (Fsp3) is 1.00. The second-order valence-electron chi connectivity index (χ2n) is 2.52. The Morgan fingerprint density at radius 1 is 1.60 bits per heavy atom. The van der Waals surface area contributed by atoms with Gasteiger partial charge in [0.05, 0.1) is 11.4 Å². The average Bonchev–Trinajstić information content (AvgIpc) is 2.33. The Kier molecular flexibility index (Phi) is 2.82. The fourth-order valence-corrected chi connectivity index (χ4v) is 2.27. The molecule has 0 bridgehead atoms. The van der Waals surface area contributed by atoms with E-state index in [1.54, 1.807) is 7.11 Å². The Morgan fingerprint density at radius 2 is 2.30 bits per heavy atom. The smallest absolute Gasteiger partial charge is 0.158 e. The molecule has 3 nitrogen and oxygen atoms in total. The van der Waals surface area contributed by atoms with Crippen LogP contribution in [0.3, 0.4) is 0 Å². The third kappa shape index (κ3) is 1.56. The third-order valence-electron chi connectivity index (χ3n) is 1.95. The average molecular weight is 164 g/mol. The quantitative estimate of drug-likeness (QED) is 0.613. The van der Waals surface area contributed by atoms with Crippen molar-refractivity contribution in [2.24, 2.45) is 0 Å². The first-order chi connectivity index (χ1) is 4.75. The van der Waals surface area contributed by atoms with Crippen molar-refractivity contribution in [2.45, 2.75) is 30.6 Å². The molecule has 1 aliphatic rings. The highest BCUT2D eigenvalue weighted by atomic mass is 32.2. The second kappa shape index (κ2) is 3.46. The van der Waals surface area contributed by atoms with Gasteiger partial charge in [-0.2, -0.15) is 0 Å². The highest BCUT2D eigenvalue weighted by Crippen LogP contribution is 2.24. The lowest BCUT2D eigenvalue weighted by Crippen LogP contribution is -2.25. The van der Waals surface area contributed by atoms with E-state index >= 15 is 0 Å². The maximum Gasteiger partial charge on any atom is 0.158 e. The summed E-state index contributed by atoms with van der Waals surface area (Å²) in [5, 5.41) is -0.148. The minimum atomic E-state index is -1.70. The lowest BCUT2D eigenvalue weighted by Gasteiger charge is -2.13. The maximum absolute atomic E-state index is 10.6. The fourth-order valence-electron chi connectivity index (χ4n) is 1.39. The van der Waals surface area contributed by atoms with Crippen LogP contribution in [0, 0.1) is 0 Å². The molecular formula is C6H12O3S. The molecular weight excluding hydrogens is 152 g/mol. The van der Waals surface area contributed by atoms with E-state index in [1.807, 2.05) is 0 Å². The molecule has 10 heavy (non-hydrogen) atoms. The monoisotopic (exact) mass is 164 g/mol. The Labute approximate surface area is 63.0 Å². The van der Waals surface area contributed by atoms with Crippen LogP contribution in [0.4, 0.5) is 0 Å². The summed E-state index contributed by atoms with van der Waals surface area (Å²) in [5.41, 5.74) is 0. The molecule has 0 spiro atoms. The SMILES string of the molecule is CO[C@H]1CCC[C@H]1S(=O)O. The van der Waals surface area contributed by atoms with Crippen molar-refractivity contribution in [3.8, 4) is 0 Å². The van der Waals surface area contributed by atoms with Crippen molar-refractivity contribution in [3.63, 3.8) is 0 Å². The summed E-state index contributed by atoms with van der Waals surface area (Å²) in [4.78, 5) is 0. The van der Waals surface area contributed by atoms with Crippen molar-refractivity contribution in [1.82, 2.24) is 0 Å². The molecule has 1 aliphatic carbocycles. The van der Waals surface area contributed by atoms with Crippen molar-refractivity contribution in [1.29, 1.82) is 0 Å². The Bertz CT molecular complexity index is 137. The Balaban J connectivity index is 2.50. The van der Waals surface area contributed by atoms with Gasteiger partial charge >= 0.3 is 0 Å². The van der Waals surface area contributed by atoms with Gasteiger partial charge in [0, 0.05) is 7.11 Å². The van der Waals surface area contributed by atoms with E-state index in [0.717, 1.165) is 19.3 Å². The summed E-state index contributed by atoms with van der Waals surface area (Å²) in [6.07, 6.45) is 2.76. The third-order valence-corrected chi connectivity index (χ3v) is 3.01. The largest absolute Gasteiger partial charge is 0.380 e. The maximum atomic E-state index is 10.6. The van der Waals surface area contributed by atoms with Gasteiger partial charge in [-0.15, -0.1) is 0 Å². The molecule has 3 atom stereocenters. The predicted molar refractivity (Wildman–Crippen MR) is 39.2 cm³/mol. The lowest BCUT2D eigenvalue weighted by atomic mass is 10.3. The molecule has 0 aromatic carbocycles. The molecule has 1 unspecified atom stereocenters. The van der Waals surface area contributed by atoms with E-state index in [9.17, 15) is 4.21 Å². The zero-order valence-corrected chi connectivity index (χ0v) is 6.76. The van der Waals surface area contributed by atoms with Crippen LogP contribution < -0.4 is 0 Å². The molecule has 0 heterocycles. The number of rotatable bonds is 2. The van der Waals surface area contributed by atoms with Gasteiger partial charge in [-0.1, -0.05) is 0 Å². The van der Waals surface area contributed by atoms with E-state index in [1.165, 1.54) is 0 Å². The van der Waals surface area contributed by atoms with Gasteiger partial charge in [0.25, 0.3) is 0 Å². The van der Waals surface area contributed by atoms with Crippen molar-refractivity contribution >= 4 is 11.1 Å². The van der Waals surface area contributed by atoms with E-state index in [-0.39, 0.29) is 11.4 Å². The number of ether oxygens (including phenoxy) is 1. The summed E-state index contributed by atoms with van der Waals surface area (Å²) in [6, 6.07) is 0. The summed E-state index contributed by atoms with van der Waals surface area (Å²) in [6.45, 7) is 0. The van der Waals surface area contributed by atoms with Crippen molar-refractivity contribution < 1.29 is 13.5 Å². The molecule has 1 saturated carbocycles. The minimum absolute atomic E-state index is 0.00540. The van der Waals surface area contributed by atoms with Crippen LogP contribution >= 0.6 is 0 Å². The van der Waals surface area contributed by atoms with Crippen LogP contribution in [0.25, 0.3) is 0 Å². The lowest BCUT2D eigenvalue weighted by molar-refractivity contribution is 0.111.